The van der Waals surface area contributed by atoms with Crippen LogP contribution in [0.1, 0.15) is 12.8 Å². The fourth-order valence-electron chi connectivity index (χ4n) is 1.17. The lowest BCUT2D eigenvalue weighted by molar-refractivity contribution is -0.142. The zero-order valence-electron chi connectivity index (χ0n) is 6.33. The summed E-state index contributed by atoms with van der Waals surface area (Å²) in [4.78, 5) is 10.9. The van der Waals surface area contributed by atoms with Crippen LogP contribution < -0.4 is 5.32 Å². The van der Waals surface area contributed by atoms with Crippen molar-refractivity contribution in [3.05, 3.63) is 0 Å². The molecule has 0 aliphatic carbocycles. The Hall–Kier alpha value is -1.08. The number of nitrogens with zero attached hydrogens (tertiary/aromatic N) is 1. The Morgan fingerprint density at radius 2 is 2.45 bits per heavy atom. The summed E-state index contributed by atoms with van der Waals surface area (Å²) in [7, 11) is 1.35. The normalized spacial score (nSPS) is 29.5. The molecule has 1 saturated heterocycles. The van der Waals surface area contributed by atoms with Gasteiger partial charge >= 0.3 is 5.97 Å². The molecule has 0 radical (unpaired) electrons. The van der Waals surface area contributed by atoms with Crippen LogP contribution in [0.15, 0.2) is 0 Å². The van der Waals surface area contributed by atoms with Crippen LogP contribution >= 0.6 is 0 Å². The average Bonchev–Trinajstić information content (AvgIpc) is 2.50. The molecule has 0 amide bonds. The summed E-state index contributed by atoms with van der Waals surface area (Å²) in [5.74, 6) is -0.275. The molecule has 2 atom stereocenters. The fraction of sp³-hybridized carbons (Fsp3) is 0.714. The van der Waals surface area contributed by atoms with Gasteiger partial charge in [-0.1, -0.05) is 0 Å². The maximum Gasteiger partial charge on any atom is 0.322 e. The number of nitrogens with one attached hydrogen (secondary N) is 1. The molecule has 1 rings (SSSR count). The van der Waals surface area contributed by atoms with Gasteiger partial charge in [-0.05, 0) is 12.8 Å². The molecule has 4 nitrogen and oxygen atoms in total. The van der Waals surface area contributed by atoms with Gasteiger partial charge in [-0.15, -0.1) is 0 Å². The second kappa shape index (κ2) is 3.35. The Kier molecular flexibility index (Phi) is 2.44. The third-order valence-corrected chi connectivity index (χ3v) is 1.79. The lowest BCUT2D eigenvalue weighted by Crippen LogP contribution is -2.35. The highest BCUT2D eigenvalue weighted by atomic mass is 16.5. The largest absolute Gasteiger partial charge is 0.468 e. The molecule has 0 bridgehead atoms. The smallest absolute Gasteiger partial charge is 0.322 e. The molecule has 11 heavy (non-hydrogen) atoms. The molecular formula is C7H10N2O2. The summed E-state index contributed by atoms with van der Waals surface area (Å²) in [5.41, 5.74) is 0. The van der Waals surface area contributed by atoms with Crippen LogP contribution in [0.25, 0.3) is 0 Å². The van der Waals surface area contributed by atoms with E-state index in [-0.39, 0.29) is 18.1 Å². The predicted molar refractivity (Wildman–Crippen MR) is 37.6 cm³/mol. The first-order valence-corrected chi connectivity index (χ1v) is 3.51. The molecular weight excluding hydrogens is 144 g/mol. The minimum atomic E-state index is -0.275. The fourth-order valence-corrected chi connectivity index (χ4v) is 1.17. The van der Waals surface area contributed by atoms with Crippen molar-refractivity contribution in [1.82, 2.24) is 5.32 Å². The van der Waals surface area contributed by atoms with Gasteiger partial charge in [0.1, 0.15) is 6.04 Å². The molecule has 1 N–H and O–H groups in total. The maximum absolute atomic E-state index is 10.9. The van der Waals surface area contributed by atoms with Crippen LogP contribution in [0.4, 0.5) is 0 Å². The predicted octanol–water partition coefficient (Wildman–Crippen LogP) is -0.196. The van der Waals surface area contributed by atoms with Gasteiger partial charge in [-0.3, -0.25) is 10.1 Å². The molecule has 0 saturated carbocycles. The van der Waals surface area contributed by atoms with Gasteiger partial charge in [-0.2, -0.15) is 5.26 Å². The lowest BCUT2D eigenvalue weighted by Gasteiger charge is -2.06. The monoisotopic (exact) mass is 154 g/mol. The van der Waals surface area contributed by atoms with Crippen molar-refractivity contribution >= 4 is 5.97 Å². The zero-order valence-corrected chi connectivity index (χ0v) is 6.33. The third-order valence-electron chi connectivity index (χ3n) is 1.79. The number of carbonyl (C=O) groups excluding carboxylic acids is 1. The van der Waals surface area contributed by atoms with Crippen LogP contribution in [0.2, 0.25) is 0 Å². The van der Waals surface area contributed by atoms with Crippen molar-refractivity contribution in [3.8, 4) is 6.07 Å². The van der Waals surface area contributed by atoms with E-state index in [2.05, 4.69) is 16.1 Å². The highest BCUT2D eigenvalue weighted by Crippen LogP contribution is 2.12. The van der Waals surface area contributed by atoms with Crippen molar-refractivity contribution in [2.24, 2.45) is 0 Å². The zero-order chi connectivity index (χ0) is 8.27. The standard InChI is InChI=1S/C7H10N2O2/c1-11-7(10)6-3-2-5(4-8)9-6/h5-6,9H,2-3H2,1H3/t5-,6-/m0/s1. The van der Waals surface area contributed by atoms with E-state index in [1.165, 1.54) is 7.11 Å². The number of nitriles is 1. The highest BCUT2D eigenvalue weighted by Gasteiger charge is 2.29. The molecule has 1 aliphatic rings. The van der Waals surface area contributed by atoms with Crippen LogP contribution in [-0.4, -0.2) is 25.2 Å². The van der Waals surface area contributed by atoms with E-state index < -0.39 is 0 Å². The van der Waals surface area contributed by atoms with Crippen molar-refractivity contribution in [3.63, 3.8) is 0 Å². The van der Waals surface area contributed by atoms with Gasteiger partial charge < -0.3 is 4.74 Å². The number of carbonyl (C=O) groups is 1. The van der Waals surface area contributed by atoms with Gasteiger partial charge in [0.05, 0.1) is 19.2 Å². The van der Waals surface area contributed by atoms with Gasteiger partial charge in [0, 0.05) is 0 Å². The Labute approximate surface area is 65.1 Å². The van der Waals surface area contributed by atoms with Gasteiger partial charge in [0.25, 0.3) is 0 Å². The first-order chi connectivity index (χ1) is 5.27. The summed E-state index contributed by atoms with van der Waals surface area (Å²) in [6.45, 7) is 0. The van der Waals surface area contributed by atoms with Crippen LogP contribution in [0, 0.1) is 11.3 Å². The Bertz CT molecular complexity index is 197. The second-order valence-electron chi connectivity index (χ2n) is 2.50. The van der Waals surface area contributed by atoms with Crippen molar-refractivity contribution in [1.29, 1.82) is 5.26 Å². The van der Waals surface area contributed by atoms with Gasteiger partial charge in [0.2, 0.25) is 0 Å². The van der Waals surface area contributed by atoms with E-state index in [9.17, 15) is 4.79 Å². The van der Waals surface area contributed by atoms with Crippen LogP contribution in [0.3, 0.4) is 0 Å². The molecule has 0 spiro atoms. The number of rotatable bonds is 1. The first kappa shape index (κ1) is 8.02. The van der Waals surface area contributed by atoms with Crippen molar-refractivity contribution in [2.75, 3.05) is 7.11 Å². The summed E-state index contributed by atoms with van der Waals surface area (Å²) >= 11 is 0. The lowest BCUT2D eigenvalue weighted by atomic mass is 10.2. The second-order valence-corrected chi connectivity index (χ2v) is 2.50. The van der Waals surface area contributed by atoms with E-state index in [1.54, 1.807) is 0 Å². The van der Waals surface area contributed by atoms with E-state index in [4.69, 9.17) is 5.26 Å². The number of ether oxygens (including phenoxy) is 1. The quantitative estimate of drug-likeness (QED) is 0.531. The van der Waals surface area contributed by atoms with Crippen LogP contribution in [0.5, 0.6) is 0 Å². The molecule has 0 aromatic heterocycles. The Balaban J connectivity index is 2.43. The highest BCUT2D eigenvalue weighted by molar-refractivity contribution is 5.76. The number of hydrogen-bond acceptors (Lipinski definition) is 4. The SMILES string of the molecule is COC(=O)[C@@H]1CC[C@@H](C#N)N1. The van der Waals surface area contributed by atoms with Crippen molar-refractivity contribution < 1.29 is 9.53 Å². The van der Waals surface area contributed by atoms with Crippen LogP contribution in [-0.2, 0) is 9.53 Å². The van der Waals surface area contributed by atoms with E-state index in [0.717, 1.165) is 6.42 Å². The average molecular weight is 154 g/mol. The summed E-state index contributed by atoms with van der Waals surface area (Å²) < 4.78 is 4.52. The first-order valence-electron chi connectivity index (χ1n) is 3.51. The van der Waals surface area contributed by atoms with Crippen molar-refractivity contribution in [2.45, 2.75) is 24.9 Å². The topological polar surface area (TPSA) is 62.1 Å². The van der Waals surface area contributed by atoms with E-state index in [1.807, 2.05) is 0 Å². The molecule has 4 heteroatoms. The maximum atomic E-state index is 10.9. The summed E-state index contributed by atoms with van der Waals surface area (Å²) in [6.07, 6.45) is 1.43. The molecule has 0 aromatic rings. The number of esters is 1. The number of methoxy groups -OCH3 is 1. The minimum Gasteiger partial charge on any atom is -0.468 e. The molecule has 0 aromatic carbocycles. The molecule has 1 heterocycles. The Morgan fingerprint density at radius 1 is 1.73 bits per heavy atom. The third kappa shape index (κ3) is 1.69. The number of hydrogen-bond donors (Lipinski definition) is 1. The molecule has 0 unspecified atom stereocenters. The molecule has 60 valence electrons. The summed E-state index contributed by atoms with van der Waals surface area (Å²) in [6, 6.07) is 1.60. The minimum absolute atomic E-state index is 0.181. The van der Waals surface area contributed by atoms with E-state index in [0.29, 0.717) is 6.42 Å². The van der Waals surface area contributed by atoms with Gasteiger partial charge in [-0.25, -0.2) is 0 Å². The van der Waals surface area contributed by atoms with E-state index >= 15 is 0 Å². The Morgan fingerprint density at radius 3 is 2.91 bits per heavy atom. The van der Waals surface area contributed by atoms with Gasteiger partial charge in [0.15, 0.2) is 0 Å². The molecule has 1 aliphatic heterocycles. The summed E-state index contributed by atoms with van der Waals surface area (Å²) in [5, 5.41) is 11.3. The molecule has 1 fully saturated rings.